The molecule has 1 aromatic rings. The molecule has 0 saturated carbocycles. The van der Waals surface area contributed by atoms with Gasteiger partial charge in [-0.1, -0.05) is 15.9 Å². The van der Waals surface area contributed by atoms with Crippen molar-refractivity contribution in [2.24, 2.45) is 0 Å². The van der Waals surface area contributed by atoms with Crippen LogP contribution in [0.2, 0.25) is 0 Å². The van der Waals surface area contributed by atoms with Crippen molar-refractivity contribution >= 4 is 27.9 Å². The van der Waals surface area contributed by atoms with Gasteiger partial charge in [0.2, 0.25) is 0 Å². The quantitative estimate of drug-likeness (QED) is 0.800. The highest BCUT2D eigenvalue weighted by molar-refractivity contribution is 9.10. The highest BCUT2D eigenvalue weighted by atomic mass is 79.9. The van der Waals surface area contributed by atoms with E-state index in [1.807, 2.05) is 20.8 Å². The number of carbonyl (C=O) groups excluding carboxylic acids is 2. The zero-order valence-corrected chi connectivity index (χ0v) is 16.4. The summed E-state index contributed by atoms with van der Waals surface area (Å²) in [6.07, 6.45) is -0.367. The molecule has 0 aromatic heterocycles. The van der Waals surface area contributed by atoms with E-state index in [1.54, 1.807) is 23.1 Å². The Morgan fingerprint density at radius 2 is 1.96 bits per heavy atom. The van der Waals surface area contributed by atoms with Gasteiger partial charge < -0.3 is 24.4 Å². The molecule has 8 heteroatoms. The zero-order chi connectivity index (χ0) is 18.6. The van der Waals surface area contributed by atoms with Crippen molar-refractivity contribution in [3.63, 3.8) is 0 Å². The van der Waals surface area contributed by atoms with Crippen LogP contribution in [-0.4, -0.2) is 55.3 Å². The normalized spacial score (nSPS) is 14.5. The fourth-order valence-electron chi connectivity index (χ4n) is 2.22. The van der Waals surface area contributed by atoms with Gasteiger partial charge in [-0.3, -0.25) is 4.79 Å². The number of hydrogen-bond donors (Lipinski definition) is 1. The largest absolute Gasteiger partial charge is 0.493 e. The fraction of sp³-hybridized carbons (Fsp3) is 0.529. The SMILES string of the molecule is COc1cc(Br)ccc1OCC(=O)NC1CN(C(=O)OC(C)(C)C)C1. The van der Waals surface area contributed by atoms with Crippen LogP contribution in [0.4, 0.5) is 4.79 Å². The molecule has 0 bridgehead atoms. The van der Waals surface area contributed by atoms with E-state index >= 15 is 0 Å². The molecule has 7 nitrogen and oxygen atoms in total. The number of rotatable bonds is 5. The smallest absolute Gasteiger partial charge is 0.410 e. The van der Waals surface area contributed by atoms with E-state index in [2.05, 4.69) is 21.2 Å². The molecule has 2 amide bonds. The van der Waals surface area contributed by atoms with Gasteiger partial charge >= 0.3 is 6.09 Å². The molecule has 0 atom stereocenters. The lowest BCUT2D eigenvalue weighted by Gasteiger charge is -2.39. The average molecular weight is 415 g/mol. The molecule has 25 heavy (non-hydrogen) atoms. The number of nitrogens with one attached hydrogen (secondary N) is 1. The molecule has 1 aliphatic heterocycles. The van der Waals surface area contributed by atoms with Crippen molar-refractivity contribution in [3.8, 4) is 11.5 Å². The number of benzene rings is 1. The first kappa shape index (κ1) is 19.4. The van der Waals surface area contributed by atoms with Gasteiger partial charge in [-0.15, -0.1) is 0 Å². The molecule has 138 valence electrons. The lowest BCUT2D eigenvalue weighted by Crippen LogP contribution is -2.62. The van der Waals surface area contributed by atoms with Crippen LogP contribution in [0.25, 0.3) is 0 Å². The van der Waals surface area contributed by atoms with Gasteiger partial charge in [0.1, 0.15) is 5.60 Å². The molecule has 1 N–H and O–H groups in total. The van der Waals surface area contributed by atoms with Gasteiger partial charge in [-0.2, -0.15) is 0 Å². The molecule has 0 aliphatic carbocycles. The zero-order valence-electron chi connectivity index (χ0n) is 14.8. The second-order valence-electron chi connectivity index (χ2n) is 6.73. The predicted molar refractivity (Wildman–Crippen MR) is 95.9 cm³/mol. The first-order chi connectivity index (χ1) is 11.7. The molecular formula is C17H23BrN2O5. The summed E-state index contributed by atoms with van der Waals surface area (Å²) < 4.78 is 16.8. The Kier molecular flexibility index (Phi) is 6.16. The maximum Gasteiger partial charge on any atom is 0.410 e. The van der Waals surface area contributed by atoms with E-state index in [-0.39, 0.29) is 24.6 Å². The number of hydrogen-bond acceptors (Lipinski definition) is 5. The van der Waals surface area contributed by atoms with Gasteiger partial charge in [0.05, 0.1) is 13.2 Å². The van der Waals surface area contributed by atoms with Gasteiger partial charge in [0.15, 0.2) is 18.1 Å². The predicted octanol–water partition coefficient (Wildman–Crippen LogP) is 2.57. The number of nitrogens with zero attached hydrogens (tertiary/aromatic N) is 1. The maximum absolute atomic E-state index is 12.0. The van der Waals surface area contributed by atoms with Gasteiger partial charge in [-0.05, 0) is 39.0 Å². The summed E-state index contributed by atoms with van der Waals surface area (Å²) in [5.74, 6) is 0.783. The first-order valence-electron chi connectivity index (χ1n) is 7.91. The molecule has 2 rings (SSSR count). The van der Waals surface area contributed by atoms with Crippen molar-refractivity contribution < 1.29 is 23.8 Å². The maximum atomic E-state index is 12.0. The Labute approximate surface area is 155 Å². The van der Waals surface area contributed by atoms with Crippen molar-refractivity contribution in [1.29, 1.82) is 0 Å². The molecule has 0 spiro atoms. The molecule has 1 fully saturated rings. The van der Waals surface area contributed by atoms with Crippen LogP contribution in [0, 0.1) is 0 Å². The number of methoxy groups -OCH3 is 1. The molecule has 1 saturated heterocycles. The van der Waals surface area contributed by atoms with E-state index in [4.69, 9.17) is 14.2 Å². The Morgan fingerprint density at radius 3 is 2.56 bits per heavy atom. The van der Waals surface area contributed by atoms with Crippen LogP contribution in [0.3, 0.4) is 0 Å². The van der Waals surface area contributed by atoms with E-state index in [1.165, 1.54) is 7.11 Å². The van der Waals surface area contributed by atoms with Crippen molar-refractivity contribution in [1.82, 2.24) is 10.2 Å². The summed E-state index contributed by atoms with van der Waals surface area (Å²) in [6.45, 7) is 6.19. The number of halogens is 1. The number of likely N-dealkylation sites (tertiary alicyclic amines) is 1. The Balaban J connectivity index is 1.73. The minimum atomic E-state index is -0.525. The second kappa shape index (κ2) is 7.95. The topological polar surface area (TPSA) is 77.1 Å². The number of amides is 2. The minimum absolute atomic E-state index is 0.0876. The second-order valence-corrected chi connectivity index (χ2v) is 7.65. The monoisotopic (exact) mass is 414 g/mol. The van der Waals surface area contributed by atoms with Crippen molar-refractivity contribution in [2.45, 2.75) is 32.4 Å². The van der Waals surface area contributed by atoms with Gasteiger partial charge in [-0.25, -0.2) is 4.79 Å². The van der Waals surface area contributed by atoms with Crippen LogP contribution in [0.1, 0.15) is 20.8 Å². The summed E-state index contributed by atoms with van der Waals surface area (Å²) in [5, 5.41) is 2.82. The van der Waals surface area contributed by atoms with Gasteiger partial charge in [0.25, 0.3) is 5.91 Å². The molecular weight excluding hydrogens is 392 g/mol. The fourth-order valence-corrected chi connectivity index (χ4v) is 2.56. The van der Waals surface area contributed by atoms with E-state index in [0.29, 0.717) is 24.6 Å². The summed E-state index contributed by atoms with van der Waals surface area (Å²) in [7, 11) is 1.54. The van der Waals surface area contributed by atoms with E-state index in [0.717, 1.165) is 4.47 Å². The third-order valence-electron chi connectivity index (χ3n) is 3.38. The molecule has 1 aliphatic rings. The Morgan fingerprint density at radius 1 is 1.28 bits per heavy atom. The first-order valence-corrected chi connectivity index (χ1v) is 8.71. The van der Waals surface area contributed by atoms with Crippen LogP contribution in [0.5, 0.6) is 11.5 Å². The minimum Gasteiger partial charge on any atom is -0.493 e. The summed E-state index contributed by atoms with van der Waals surface area (Å²) in [4.78, 5) is 25.4. The van der Waals surface area contributed by atoms with Crippen LogP contribution >= 0.6 is 15.9 Å². The standard InChI is InChI=1S/C17H23BrN2O5/c1-17(2,3)25-16(22)20-8-12(9-20)19-15(21)10-24-13-6-5-11(18)7-14(13)23-4/h5-7,12H,8-10H2,1-4H3,(H,19,21). The average Bonchev–Trinajstić information content (AvgIpc) is 2.47. The van der Waals surface area contributed by atoms with E-state index < -0.39 is 5.60 Å². The Hall–Kier alpha value is -1.96. The lowest BCUT2D eigenvalue weighted by atomic mass is 10.1. The number of ether oxygens (including phenoxy) is 3. The van der Waals surface area contributed by atoms with Crippen LogP contribution < -0.4 is 14.8 Å². The highest BCUT2D eigenvalue weighted by Gasteiger charge is 2.34. The molecule has 0 radical (unpaired) electrons. The molecule has 1 aromatic carbocycles. The summed E-state index contributed by atoms with van der Waals surface area (Å²) in [5.41, 5.74) is -0.525. The van der Waals surface area contributed by atoms with E-state index in [9.17, 15) is 9.59 Å². The molecule has 0 unspecified atom stereocenters. The lowest BCUT2D eigenvalue weighted by molar-refractivity contribution is -0.125. The van der Waals surface area contributed by atoms with Gasteiger partial charge in [0, 0.05) is 17.6 Å². The molecule has 1 heterocycles. The Bertz CT molecular complexity index is 638. The summed E-state index contributed by atoms with van der Waals surface area (Å²) >= 11 is 3.34. The van der Waals surface area contributed by atoms with Crippen molar-refractivity contribution in [2.75, 3.05) is 26.8 Å². The third-order valence-corrected chi connectivity index (χ3v) is 3.88. The van der Waals surface area contributed by atoms with Crippen LogP contribution in [0.15, 0.2) is 22.7 Å². The number of carbonyl (C=O) groups is 2. The van der Waals surface area contributed by atoms with Crippen LogP contribution in [-0.2, 0) is 9.53 Å². The summed E-state index contributed by atoms with van der Waals surface area (Å²) in [6, 6.07) is 5.21. The van der Waals surface area contributed by atoms with Crippen molar-refractivity contribution in [3.05, 3.63) is 22.7 Å². The third kappa shape index (κ3) is 5.81. The highest BCUT2D eigenvalue weighted by Crippen LogP contribution is 2.30.